The Morgan fingerprint density at radius 3 is 2.17 bits per heavy atom. The molecular formula is C33H31Cl2N3O3. The number of rotatable bonds is 8. The smallest absolute Gasteiger partial charge is 0.259 e. The Balaban J connectivity index is 1.55. The molecule has 5 rings (SSSR count). The Bertz CT molecular complexity index is 1610. The maximum atomic E-state index is 14.3. The molecule has 4 aromatic carbocycles. The summed E-state index contributed by atoms with van der Waals surface area (Å²) in [6, 6.07) is 25.0. The first-order valence-electron chi connectivity index (χ1n) is 13.5. The summed E-state index contributed by atoms with van der Waals surface area (Å²) < 4.78 is 0. The van der Waals surface area contributed by atoms with Gasteiger partial charge in [-0.1, -0.05) is 83.9 Å². The van der Waals surface area contributed by atoms with Gasteiger partial charge in [-0.15, -0.1) is 0 Å². The fourth-order valence-electron chi connectivity index (χ4n) is 5.22. The third-order valence-corrected chi connectivity index (χ3v) is 7.81. The van der Waals surface area contributed by atoms with Crippen molar-refractivity contribution in [3.05, 3.63) is 112 Å². The van der Waals surface area contributed by atoms with Gasteiger partial charge >= 0.3 is 0 Å². The van der Waals surface area contributed by atoms with Gasteiger partial charge in [-0.3, -0.25) is 19.3 Å². The highest BCUT2D eigenvalue weighted by molar-refractivity contribution is 6.36. The largest absolute Gasteiger partial charge is 0.350 e. The maximum Gasteiger partial charge on any atom is 0.259 e. The number of anilines is 1. The van der Waals surface area contributed by atoms with E-state index in [0.29, 0.717) is 26.9 Å². The van der Waals surface area contributed by atoms with E-state index in [4.69, 9.17) is 23.2 Å². The van der Waals surface area contributed by atoms with Crippen LogP contribution in [-0.2, 0) is 22.6 Å². The number of carbonyl (C=O) groups excluding carboxylic acids is 3. The van der Waals surface area contributed by atoms with Crippen LogP contribution in [-0.4, -0.2) is 40.7 Å². The zero-order valence-corrected chi connectivity index (χ0v) is 24.7. The minimum absolute atomic E-state index is 0.00835. The van der Waals surface area contributed by atoms with Crippen LogP contribution in [0.5, 0.6) is 0 Å². The lowest BCUT2D eigenvalue weighted by molar-refractivity contribution is -0.140. The Labute approximate surface area is 249 Å². The highest BCUT2D eigenvalue weighted by atomic mass is 35.5. The summed E-state index contributed by atoms with van der Waals surface area (Å²) in [5, 5.41) is 5.56. The van der Waals surface area contributed by atoms with Crippen LogP contribution in [0.1, 0.15) is 42.3 Å². The van der Waals surface area contributed by atoms with Gasteiger partial charge in [0.2, 0.25) is 11.8 Å². The third kappa shape index (κ3) is 6.09. The molecule has 0 saturated heterocycles. The lowest BCUT2D eigenvalue weighted by atomic mass is 10.0. The molecular weight excluding hydrogens is 557 g/mol. The summed E-state index contributed by atoms with van der Waals surface area (Å²) in [6.45, 7) is 5.42. The Morgan fingerprint density at radius 1 is 0.878 bits per heavy atom. The molecule has 8 heteroatoms. The predicted molar refractivity (Wildman–Crippen MR) is 164 cm³/mol. The molecule has 1 aliphatic heterocycles. The van der Waals surface area contributed by atoms with Crippen LogP contribution in [0.4, 0.5) is 5.69 Å². The summed E-state index contributed by atoms with van der Waals surface area (Å²) in [7, 11) is 0. The van der Waals surface area contributed by atoms with E-state index < -0.39 is 17.5 Å². The summed E-state index contributed by atoms with van der Waals surface area (Å²) >= 11 is 13.1. The van der Waals surface area contributed by atoms with E-state index >= 15 is 0 Å². The van der Waals surface area contributed by atoms with Gasteiger partial charge in [-0.25, -0.2) is 0 Å². The molecule has 210 valence electrons. The average molecular weight is 589 g/mol. The second-order valence-corrected chi connectivity index (χ2v) is 12.1. The van der Waals surface area contributed by atoms with E-state index in [9.17, 15) is 14.4 Å². The van der Waals surface area contributed by atoms with Gasteiger partial charge < -0.3 is 10.2 Å². The van der Waals surface area contributed by atoms with Crippen molar-refractivity contribution in [2.45, 2.75) is 45.3 Å². The zero-order valence-electron chi connectivity index (χ0n) is 23.2. The van der Waals surface area contributed by atoms with Crippen molar-refractivity contribution < 1.29 is 14.4 Å². The van der Waals surface area contributed by atoms with Crippen LogP contribution in [0.3, 0.4) is 0 Å². The van der Waals surface area contributed by atoms with E-state index in [2.05, 4.69) is 5.32 Å². The molecule has 0 saturated carbocycles. The Morgan fingerprint density at radius 2 is 1.51 bits per heavy atom. The van der Waals surface area contributed by atoms with Crippen molar-refractivity contribution >= 4 is 57.4 Å². The molecule has 1 aliphatic rings. The molecule has 0 aliphatic carbocycles. The topological polar surface area (TPSA) is 69.7 Å². The molecule has 0 radical (unpaired) electrons. The minimum atomic E-state index is -0.896. The van der Waals surface area contributed by atoms with E-state index in [1.54, 1.807) is 24.3 Å². The van der Waals surface area contributed by atoms with Gasteiger partial charge in [0.25, 0.3) is 5.91 Å². The number of halogens is 2. The van der Waals surface area contributed by atoms with Gasteiger partial charge in [0, 0.05) is 45.1 Å². The molecule has 1 heterocycles. The number of hydrogen-bond acceptors (Lipinski definition) is 3. The molecule has 0 fully saturated rings. The SMILES string of the molecule is CC(C)(C)NC(=O)[C@H](Cc1ccccc1)N(Cc1c(Cl)cccc1Cl)C(=O)CN1C(=O)c2cccc3cccc1c23. The van der Waals surface area contributed by atoms with Crippen LogP contribution in [0.25, 0.3) is 10.8 Å². The quantitative estimate of drug-likeness (QED) is 0.250. The molecule has 6 nitrogen and oxygen atoms in total. The highest BCUT2D eigenvalue weighted by Crippen LogP contribution is 2.37. The van der Waals surface area contributed by atoms with Crippen molar-refractivity contribution in [3.63, 3.8) is 0 Å². The highest BCUT2D eigenvalue weighted by Gasteiger charge is 2.37. The monoisotopic (exact) mass is 587 g/mol. The fraction of sp³-hybridized carbons (Fsp3) is 0.242. The van der Waals surface area contributed by atoms with Crippen LogP contribution in [0.2, 0.25) is 10.0 Å². The number of nitrogens with one attached hydrogen (secondary N) is 1. The van der Waals surface area contributed by atoms with Crippen molar-refractivity contribution in [1.29, 1.82) is 0 Å². The molecule has 41 heavy (non-hydrogen) atoms. The van der Waals surface area contributed by atoms with E-state index in [1.807, 2.05) is 81.4 Å². The van der Waals surface area contributed by atoms with Crippen molar-refractivity contribution in [2.75, 3.05) is 11.4 Å². The standard InChI is InChI=1S/C33H31Cl2N3O3/c1-33(2,3)36-31(40)28(18-21-10-5-4-6-11-21)37(19-24-25(34)15-9-16-26(24)35)29(39)20-38-27-17-8-13-22-12-7-14-23(30(22)27)32(38)41/h4-17,28H,18-20H2,1-3H3,(H,36,40)/t28-/m0/s1. The first-order valence-corrected chi connectivity index (χ1v) is 14.2. The lowest BCUT2D eigenvalue weighted by Crippen LogP contribution is -2.56. The molecule has 1 N–H and O–H groups in total. The average Bonchev–Trinajstić information content (AvgIpc) is 3.19. The molecule has 0 unspecified atom stereocenters. The van der Waals surface area contributed by atoms with Crippen LogP contribution in [0, 0.1) is 0 Å². The summed E-state index contributed by atoms with van der Waals surface area (Å²) in [5.41, 5.74) is 2.11. The molecule has 1 atom stereocenters. The number of carbonyl (C=O) groups is 3. The molecule has 3 amide bonds. The van der Waals surface area contributed by atoms with Gasteiger partial charge in [-0.2, -0.15) is 0 Å². The summed E-state index contributed by atoms with van der Waals surface area (Å²) in [5.74, 6) is -0.959. The second kappa shape index (κ2) is 11.6. The van der Waals surface area contributed by atoms with Gasteiger partial charge in [0.1, 0.15) is 12.6 Å². The number of nitrogens with zero attached hydrogens (tertiary/aromatic N) is 2. The fourth-order valence-corrected chi connectivity index (χ4v) is 5.74. The molecule has 4 aromatic rings. The Hall–Kier alpha value is -3.87. The molecule has 0 spiro atoms. The summed E-state index contributed by atoms with van der Waals surface area (Å²) in [4.78, 5) is 44.7. The summed E-state index contributed by atoms with van der Waals surface area (Å²) in [6.07, 6.45) is 0.264. The lowest BCUT2D eigenvalue weighted by Gasteiger charge is -2.35. The number of hydrogen-bond donors (Lipinski definition) is 1. The number of benzene rings is 4. The van der Waals surface area contributed by atoms with Crippen molar-refractivity contribution in [2.24, 2.45) is 0 Å². The normalized spacial score (nSPS) is 13.4. The van der Waals surface area contributed by atoms with Crippen LogP contribution in [0.15, 0.2) is 84.9 Å². The predicted octanol–water partition coefficient (Wildman–Crippen LogP) is 6.66. The van der Waals surface area contributed by atoms with Crippen LogP contribution < -0.4 is 10.2 Å². The first kappa shape index (κ1) is 28.7. The van der Waals surface area contributed by atoms with Gasteiger partial charge in [-0.05, 0) is 56.0 Å². The van der Waals surface area contributed by atoms with Gasteiger partial charge in [0.15, 0.2) is 0 Å². The van der Waals surface area contributed by atoms with Crippen LogP contribution >= 0.6 is 23.2 Å². The first-order chi connectivity index (χ1) is 19.5. The third-order valence-electron chi connectivity index (χ3n) is 7.10. The van der Waals surface area contributed by atoms with Crippen molar-refractivity contribution in [3.8, 4) is 0 Å². The molecule has 0 bridgehead atoms. The second-order valence-electron chi connectivity index (χ2n) is 11.2. The van der Waals surface area contributed by atoms with E-state index in [0.717, 1.165) is 16.3 Å². The van der Waals surface area contributed by atoms with E-state index in [1.165, 1.54) is 9.80 Å². The zero-order chi connectivity index (χ0) is 29.3. The molecule has 0 aromatic heterocycles. The maximum absolute atomic E-state index is 14.3. The van der Waals surface area contributed by atoms with Crippen molar-refractivity contribution in [1.82, 2.24) is 10.2 Å². The van der Waals surface area contributed by atoms with Gasteiger partial charge in [0.05, 0.1) is 5.69 Å². The minimum Gasteiger partial charge on any atom is -0.350 e. The van der Waals surface area contributed by atoms with E-state index in [-0.39, 0.29) is 31.3 Å². The number of amides is 3. The Kier molecular flexibility index (Phi) is 8.07.